The van der Waals surface area contributed by atoms with Gasteiger partial charge >= 0.3 is 0 Å². The smallest absolute Gasteiger partial charge is 0.262 e. The molecular formula is C22H21ClN2O4S. The predicted molar refractivity (Wildman–Crippen MR) is 119 cm³/mol. The van der Waals surface area contributed by atoms with Crippen molar-refractivity contribution in [1.82, 2.24) is 0 Å². The molecule has 0 aliphatic carbocycles. The first-order valence-electron chi connectivity index (χ1n) is 9.18. The van der Waals surface area contributed by atoms with Gasteiger partial charge in [-0.2, -0.15) is 0 Å². The summed E-state index contributed by atoms with van der Waals surface area (Å²) in [5.41, 5.74) is 1.60. The fourth-order valence-corrected chi connectivity index (χ4v) is 4.19. The number of ether oxygens (including phenoxy) is 1. The zero-order chi connectivity index (χ0) is 21.6. The number of methoxy groups -OCH3 is 1. The van der Waals surface area contributed by atoms with Crippen molar-refractivity contribution in [1.29, 1.82) is 0 Å². The summed E-state index contributed by atoms with van der Waals surface area (Å²) >= 11 is 6.11. The van der Waals surface area contributed by atoms with Crippen LogP contribution >= 0.6 is 11.6 Å². The second-order valence-corrected chi connectivity index (χ2v) is 8.56. The number of sulfonamides is 1. The Morgan fingerprint density at radius 2 is 1.73 bits per heavy atom. The summed E-state index contributed by atoms with van der Waals surface area (Å²) in [5.74, 6) is 0.173. The first-order chi connectivity index (χ1) is 14.4. The molecule has 30 heavy (non-hydrogen) atoms. The van der Waals surface area contributed by atoms with Crippen molar-refractivity contribution in [2.24, 2.45) is 0 Å². The zero-order valence-electron chi connectivity index (χ0n) is 16.3. The number of carbonyl (C=O) groups is 1. The highest BCUT2D eigenvalue weighted by Crippen LogP contribution is 2.27. The number of hydrogen-bond donors (Lipinski definition) is 2. The summed E-state index contributed by atoms with van der Waals surface area (Å²) in [4.78, 5) is 12.3. The van der Waals surface area contributed by atoms with Gasteiger partial charge in [0.1, 0.15) is 5.75 Å². The van der Waals surface area contributed by atoms with Gasteiger partial charge in [0.25, 0.3) is 10.0 Å². The normalized spacial score (nSPS) is 11.0. The minimum Gasteiger partial charge on any atom is -0.495 e. The van der Waals surface area contributed by atoms with Crippen molar-refractivity contribution in [3.63, 3.8) is 0 Å². The van der Waals surface area contributed by atoms with Gasteiger partial charge in [0.05, 0.1) is 17.7 Å². The first kappa shape index (κ1) is 21.7. The molecule has 0 heterocycles. The molecule has 0 aromatic heterocycles. The highest BCUT2D eigenvalue weighted by molar-refractivity contribution is 7.92. The molecule has 0 fully saturated rings. The number of halogens is 1. The third-order valence-electron chi connectivity index (χ3n) is 4.36. The number of aryl methyl sites for hydroxylation is 1. The van der Waals surface area contributed by atoms with E-state index in [-0.39, 0.29) is 17.2 Å². The van der Waals surface area contributed by atoms with E-state index in [1.807, 2.05) is 18.2 Å². The molecule has 0 aliphatic rings. The number of anilines is 2. The lowest BCUT2D eigenvalue weighted by Gasteiger charge is -2.12. The second-order valence-electron chi connectivity index (χ2n) is 6.47. The largest absolute Gasteiger partial charge is 0.495 e. The second kappa shape index (κ2) is 9.65. The van der Waals surface area contributed by atoms with Gasteiger partial charge in [0.2, 0.25) is 5.91 Å². The predicted octanol–water partition coefficient (Wildman–Crippen LogP) is 4.72. The fourth-order valence-electron chi connectivity index (χ4n) is 2.85. The fraction of sp³-hybridized carbons (Fsp3) is 0.136. The standard InChI is InChI=1S/C22H21ClN2O4S/c1-29-21-12-5-4-11-20(21)25-30(27,28)18-9-6-8-17(15-18)24-22(26)14-13-16-7-2-3-10-19(16)23/h2-12,15,25H,13-14H2,1H3,(H,24,26). The average molecular weight is 445 g/mol. The number of benzene rings is 3. The maximum Gasteiger partial charge on any atom is 0.262 e. The Morgan fingerprint density at radius 1 is 1.00 bits per heavy atom. The molecule has 3 aromatic carbocycles. The minimum absolute atomic E-state index is 0.0253. The maximum absolute atomic E-state index is 12.8. The summed E-state index contributed by atoms with van der Waals surface area (Å²) in [6.45, 7) is 0. The summed E-state index contributed by atoms with van der Waals surface area (Å²) in [7, 11) is -2.40. The van der Waals surface area contributed by atoms with Crippen LogP contribution in [-0.2, 0) is 21.2 Å². The van der Waals surface area contributed by atoms with Gasteiger partial charge in [-0.05, 0) is 48.4 Å². The van der Waals surface area contributed by atoms with Crippen molar-refractivity contribution in [3.8, 4) is 5.75 Å². The average Bonchev–Trinajstić information content (AvgIpc) is 2.73. The molecule has 0 unspecified atom stereocenters. The van der Waals surface area contributed by atoms with Gasteiger partial charge in [-0.3, -0.25) is 9.52 Å². The van der Waals surface area contributed by atoms with Gasteiger partial charge in [0, 0.05) is 17.1 Å². The van der Waals surface area contributed by atoms with Crippen LogP contribution in [0.5, 0.6) is 5.75 Å². The Bertz CT molecular complexity index is 1150. The molecule has 0 radical (unpaired) electrons. The van der Waals surface area contributed by atoms with E-state index in [0.29, 0.717) is 28.6 Å². The molecule has 2 N–H and O–H groups in total. The molecule has 0 aliphatic heterocycles. The molecule has 1 amide bonds. The van der Waals surface area contributed by atoms with Crippen LogP contribution in [0, 0.1) is 0 Å². The molecular weight excluding hydrogens is 424 g/mol. The Labute approximate surface area is 180 Å². The Hall–Kier alpha value is -3.03. The summed E-state index contributed by atoms with van der Waals surface area (Å²) in [6, 6.07) is 20.1. The molecule has 0 saturated heterocycles. The van der Waals surface area contributed by atoms with Gasteiger partial charge in [-0.1, -0.05) is 48.0 Å². The van der Waals surface area contributed by atoms with Crippen molar-refractivity contribution >= 4 is 38.9 Å². The van der Waals surface area contributed by atoms with Crippen LogP contribution in [0.15, 0.2) is 77.7 Å². The van der Waals surface area contributed by atoms with Crippen LogP contribution in [0.2, 0.25) is 5.02 Å². The maximum atomic E-state index is 12.8. The molecule has 8 heteroatoms. The number of amides is 1. The van der Waals surface area contributed by atoms with Crippen molar-refractivity contribution in [3.05, 3.63) is 83.4 Å². The minimum atomic E-state index is -3.86. The van der Waals surface area contributed by atoms with E-state index in [4.69, 9.17) is 16.3 Å². The molecule has 0 saturated carbocycles. The van der Waals surface area contributed by atoms with E-state index >= 15 is 0 Å². The lowest BCUT2D eigenvalue weighted by atomic mass is 10.1. The number of nitrogens with one attached hydrogen (secondary N) is 2. The molecule has 3 aromatic rings. The van der Waals surface area contributed by atoms with Gasteiger partial charge < -0.3 is 10.1 Å². The molecule has 0 atom stereocenters. The molecule has 156 valence electrons. The van der Waals surface area contributed by atoms with E-state index in [1.54, 1.807) is 42.5 Å². The lowest BCUT2D eigenvalue weighted by Crippen LogP contribution is -2.15. The van der Waals surface area contributed by atoms with Crippen LogP contribution in [0.3, 0.4) is 0 Å². The van der Waals surface area contributed by atoms with Crippen molar-refractivity contribution in [2.45, 2.75) is 17.7 Å². The van der Waals surface area contributed by atoms with Crippen LogP contribution < -0.4 is 14.8 Å². The Kier molecular flexibility index (Phi) is 6.97. The Balaban J connectivity index is 1.69. The third kappa shape index (κ3) is 5.52. The van der Waals surface area contributed by atoms with Crippen LogP contribution in [0.4, 0.5) is 11.4 Å². The lowest BCUT2D eigenvalue weighted by molar-refractivity contribution is -0.116. The number of carbonyl (C=O) groups excluding carboxylic acids is 1. The zero-order valence-corrected chi connectivity index (χ0v) is 17.8. The highest BCUT2D eigenvalue weighted by atomic mass is 35.5. The van der Waals surface area contributed by atoms with Crippen LogP contribution in [0.25, 0.3) is 0 Å². The van der Waals surface area contributed by atoms with Crippen molar-refractivity contribution in [2.75, 3.05) is 17.1 Å². The molecule has 6 nitrogen and oxygen atoms in total. The van der Waals surface area contributed by atoms with Gasteiger partial charge in [0.15, 0.2) is 0 Å². The number of para-hydroxylation sites is 2. The highest BCUT2D eigenvalue weighted by Gasteiger charge is 2.17. The van der Waals surface area contributed by atoms with E-state index in [1.165, 1.54) is 19.2 Å². The number of rotatable bonds is 8. The van der Waals surface area contributed by atoms with E-state index in [2.05, 4.69) is 10.0 Å². The summed E-state index contributed by atoms with van der Waals surface area (Å²) in [6.07, 6.45) is 0.707. The summed E-state index contributed by atoms with van der Waals surface area (Å²) < 4.78 is 33.2. The SMILES string of the molecule is COc1ccccc1NS(=O)(=O)c1cccc(NC(=O)CCc2ccccc2Cl)c1. The quantitative estimate of drug-likeness (QED) is 0.526. The van der Waals surface area contributed by atoms with Gasteiger partial charge in [-0.15, -0.1) is 0 Å². The Morgan fingerprint density at radius 3 is 2.50 bits per heavy atom. The van der Waals surface area contributed by atoms with Gasteiger partial charge in [-0.25, -0.2) is 8.42 Å². The monoisotopic (exact) mass is 444 g/mol. The molecule has 0 bridgehead atoms. The van der Waals surface area contributed by atoms with Crippen LogP contribution in [-0.4, -0.2) is 21.4 Å². The molecule has 3 rings (SSSR count). The topological polar surface area (TPSA) is 84.5 Å². The van der Waals surface area contributed by atoms with E-state index in [0.717, 1.165) is 5.56 Å². The van der Waals surface area contributed by atoms with Crippen LogP contribution in [0.1, 0.15) is 12.0 Å². The molecule has 0 spiro atoms. The van der Waals surface area contributed by atoms with Crippen molar-refractivity contribution < 1.29 is 17.9 Å². The third-order valence-corrected chi connectivity index (χ3v) is 6.09. The van der Waals surface area contributed by atoms with E-state index < -0.39 is 10.0 Å². The van der Waals surface area contributed by atoms with E-state index in [9.17, 15) is 13.2 Å². The number of hydrogen-bond acceptors (Lipinski definition) is 4. The first-order valence-corrected chi connectivity index (χ1v) is 11.0. The summed E-state index contributed by atoms with van der Waals surface area (Å²) in [5, 5.41) is 3.34.